The van der Waals surface area contributed by atoms with Crippen LogP contribution in [0.4, 0.5) is 0 Å². The third-order valence-corrected chi connectivity index (χ3v) is 6.98. The van der Waals surface area contributed by atoms with Gasteiger partial charge in [-0.25, -0.2) is 4.79 Å². The standard InChI is InChI=1S/C28H34N2O4/c1-20-8-11-25(29-17-20)7-4-14-34-26-12-9-21(10-13-26)15-24(28(32)33)16-27(31)30-18-22-5-2-3-6-23(22)19-30/h8-13,15,17,22-23H,2-7,14,16,18-19H2,1H3,(H,32,33)/b24-15+/t22-,23+. The molecule has 1 aromatic carbocycles. The molecule has 1 saturated heterocycles. The van der Waals surface area contributed by atoms with Gasteiger partial charge < -0.3 is 14.7 Å². The second kappa shape index (κ2) is 11.3. The fourth-order valence-corrected chi connectivity index (χ4v) is 5.02. The molecule has 1 aromatic heterocycles. The lowest BCUT2D eigenvalue weighted by molar-refractivity contribution is -0.136. The lowest BCUT2D eigenvalue weighted by Crippen LogP contribution is -2.29. The summed E-state index contributed by atoms with van der Waals surface area (Å²) in [6, 6.07) is 11.4. The molecule has 4 rings (SSSR count). The Balaban J connectivity index is 1.28. The average molecular weight is 463 g/mol. The Labute approximate surface area is 201 Å². The monoisotopic (exact) mass is 462 g/mol. The highest BCUT2D eigenvalue weighted by Crippen LogP contribution is 2.36. The molecule has 1 N–H and O–H groups in total. The molecule has 6 heteroatoms. The van der Waals surface area contributed by atoms with E-state index in [2.05, 4.69) is 11.1 Å². The molecule has 0 unspecified atom stereocenters. The lowest BCUT2D eigenvalue weighted by atomic mass is 9.82. The van der Waals surface area contributed by atoms with Crippen molar-refractivity contribution in [3.05, 3.63) is 65.0 Å². The number of nitrogens with zero attached hydrogens (tertiary/aromatic N) is 2. The predicted molar refractivity (Wildman–Crippen MR) is 131 cm³/mol. The van der Waals surface area contributed by atoms with Crippen molar-refractivity contribution in [2.24, 2.45) is 11.8 Å². The van der Waals surface area contributed by atoms with Gasteiger partial charge in [-0.1, -0.05) is 31.0 Å². The molecule has 1 amide bonds. The number of likely N-dealkylation sites (tertiary alicyclic amines) is 1. The van der Waals surface area contributed by atoms with Gasteiger partial charge in [-0.15, -0.1) is 0 Å². The second-order valence-electron chi connectivity index (χ2n) is 9.60. The Kier molecular flexibility index (Phi) is 7.99. The van der Waals surface area contributed by atoms with Crippen molar-refractivity contribution in [1.29, 1.82) is 0 Å². The highest BCUT2D eigenvalue weighted by atomic mass is 16.5. The molecule has 0 radical (unpaired) electrons. The number of aromatic nitrogens is 1. The molecule has 1 aliphatic heterocycles. The van der Waals surface area contributed by atoms with E-state index in [4.69, 9.17) is 4.74 Å². The van der Waals surface area contributed by atoms with E-state index in [1.54, 1.807) is 6.08 Å². The largest absolute Gasteiger partial charge is 0.494 e. The van der Waals surface area contributed by atoms with Gasteiger partial charge in [0.15, 0.2) is 0 Å². The van der Waals surface area contributed by atoms with Crippen LogP contribution >= 0.6 is 0 Å². The van der Waals surface area contributed by atoms with Gasteiger partial charge in [0.2, 0.25) is 5.91 Å². The minimum absolute atomic E-state index is 0.0694. The quantitative estimate of drug-likeness (QED) is 0.423. The summed E-state index contributed by atoms with van der Waals surface area (Å²) in [6.07, 6.45) is 9.98. The maximum Gasteiger partial charge on any atom is 0.332 e. The summed E-state index contributed by atoms with van der Waals surface area (Å²) in [5, 5.41) is 9.67. The fraction of sp³-hybridized carbons (Fsp3) is 0.464. The smallest absolute Gasteiger partial charge is 0.332 e. The number of rotatable bonds is 9. The Hall–Kier alpha value is -3.15. The number of carboxylic acids is 1. The minimum atomic E-state index is -1.05. The van der Waals surface area contributed by atoms with Gasteiger partial charge in [0.1, 0.15) is 5.75 Å². The number of pyridine rings is 1. The minimum Gasteiger partial charge on any atom is -0.494 e. The summed E-state index contributed by atoms with van der Waals surface area (Å²) >= 11 is 0. The zero-order valence-electron chi connectivity index (χ0n) is 19.9. The SMILES string of the molecule is Cc1ccc(CCCOc2ccc(/C=C(\CC(=O)N3C[C@H]4CCCC[C@H]4C3)C(=O)O)cc2)nc1. The van der Waals surface area contributed by atoms with Crippen molar-refractivity contribution < 1.29 is 19.4 Å². The molecule has 6 nitrogen and oxygen atoms in total. The maximum absolute atomic E-state index is 12.8. The second-order valence-corrected chi connectivity index (χ2v) is 9.60. The molecule has 180 valence electrons. The Morgan fingerprint density at radius 2 is 1.79 bits per heavy atom. The first-order chi connectivity index (χ1) is 16.5. The van der Waals surface area contributed by atoms with E-state index in [1.807, 2.05) is 48.4 Å². The van der Waals surface area contributed by atoms with Crippen molar-refractivity contribution >= 4 is 18.0 Å². The highest BCUT2D eigenvalue weighted by Gasteiger charge is 2.36. The number of benzene rings is 1. The summed E-state index contributed by atoms with van der Waals surface area (Å²) in [4.78, 5) is 30.9. The zero-order chi connectivity index (χ0) is 23.9. The van der Waals surface area contributed by atoms with E-state index in [9.17, 15) is 14.7 Å². The van der Waals surface area contributed by atoms with Gasteiger partial charge in [0.25, 0.3) is 0 Å². The number of carbonyl (C=O) groups excluding carboxylic acids is 1. The Bertz CT molecular complexity index is 1000. The maximum atomic E-state index is 12.8. The molecule has 2 aromatic rings. The molecule has 2 heterocycles. The zero-order valence-corrected chi connectivity index (χ0v) is 19.9. The molecule has 34 heavy (non-hydrogen) atoms. The molecule has 2 aliphatic rings. The number of carboxylic acid groups (broad SMARTS) is 1. The van der Waals surface area contributed by atoms with Gasteiger partial charge in [-0.2, -0.15) is 0 Å². The van der Waals surface area contributed by atoms with Crippen LogP contribution in [0.25, 0.3) is 6.08 Å². The molecule has 1 aliphatic carbocycles. The van der Waals surface area contributed by atoms with Crippen molar-refractivity contribution in [3.63, 3.8) is 0 Å². The topological polar surface area (TPSA) is 79.7 Å². The number of hydrogen-bond acceptors (Lipinski definition) is 4. The summed E-state index contributed by atoms with van der Waals surface area (Å²) in [5.41, 5.74) is 3.08. The van der Waals surface area contributed by atoms with Gasteiger partial charge >= 0.3 is 5.97 Å². The van der Waals surface area contributed by atoms with Gasteiger partial charge in [-0.3, -0.25) is 9.78 Å². The third-order valence-electron chi connectivity index (χ3n) is 6.98. The molecular formula is C28H34N2O4. The van der Waals surface area contributed by atoms with E-state index < -0.39 is 5.97 Å². The van der Waals surface area contributed by atoms with Gasteiger partial charge in [0, 0.05) is 30.6 Å². The third kappa shape index (κ3) is 6.46. The first-order valence-corrected chi connectivity index (χ1v) is 12.3. The lowest BCUT2D eigenvalue weighted by Gasteiger charge is -2.22. The van der Waals surface area contributed by atoms with Crippen LogP contribution in [-0.2, 0) is 16.0 Å². The van der Waals surface area contributed by atoms with E-state index >= 15 is 0 Å². The normalized spacial score (nSPS) is 20.1. The van der Waals surface area contributed by atoms with Crippen LogP contribution in [0.5, 0.6) is 5.75 Å². The first-order valence-electron chi connectivity index (χ1n) is 12.3. The van der Waals surface area contributed by atoms with Crippen molar-refractivity contribution in [2.75, 3.05) is 19.7 Å². The number of aryl methyl sites for hydroxylation is 2. The van der Waals surface area contributed by atoms with Crippen LogP contribution in [0.3, 0.4) is 0 Å². The van der Waals surface area contributed by atoms with Crippen LogP contribution in [0.2, 0.25) is 0 Å². The first kappa shape index (κ1) is 24.0. The van der Waals surface area contributed by atoms with Crippen LogP contribution in [0.15, 0.2) is 48.2 Å². The number of aliphatic carboxylic acids is 1. The van der Waals surface area contributed by atoms with E-state index in [-0.39, 0.29) is 17.9 Å². The fourth-order valence-electron chi connectivity index (χ4n) is 5.02. The molecule has 0 bridgehead atoms. The molecule has 2 fully saturated rings. The van der Waals surface area contributed by atoms with Crippen LogP contribution in [0, 0.1) is 18.8 Å². The molecule has 2 atom stereocenters. The predicted octanol–water partition coefficient (Wildman–Crippen LogP) is 4.91. The van der Waals surface area contributed by atoms with Crippen LogP contribution in [0.1, 0.15) is 55.3 Å². The summed E-state index contributed by atoms with van der Waals surface area (Å²) in [6.45, 7) is 4.16. The highest BCUT2D eigenvalue weighted by molar-refractivity contribution is 5.98. The number of ether oxygens (including phenoxy) is 1. The van der Waals surface area contributed by atoms with Gasteiger partial charge in [0.05, 0.1) is 13.0 Å². The van der Waals surface area contributed by atoms with E-state index in [1.165, 1.54) is 25.7 Å². The van der Waals surface area contributed by atoms with Crippen molar-refractivity contribution in [3.8, 4) is 5.75 Å². The Morgan fingerprint density at radius 1 is 1.09 bits per heavy atom. The molecule has 0 spiro atoms. The number of carbonyl (C=O) groups is 2. The summed E-state index contributed by atoms with van der Waals surface area (Å²) < 4.78 is 5.81. The molecule has 1 saturated carbocycles. The van der Waals surface area contributed by atoms with Crippen molar-refractivity contribution in [2.45, 2.75) is 51.9 Å². The van der Waals surface area contributed by atoms with Crippen molar-refractivity contribution in [1.82, 2.24) is 9.88 Å². The van der Waals surface area contributed by atoms with Crippen LogP contribution in [-0.4, -0.2) is 46.6 Å². The number of amides is 1. The summed E-state index contributed by atoms with van der Waals surface area (Å²) in [5.74, 6) is 0.800. The van der Waals surface area contributed by atoms with E-state index in [0.29, 0.717) is 18.4 Å². The van der Waals surface area contributed by atoms with Gasteiger partial charge in [-0.05, 0) is 79.8 Å². The number of hydrogen-bond donors (Lipinski definition) is 1. The van der Waals surface area contributed by atoms with Crippen LogP contribution < -0.4 is 4.74 Å². The average Bonchev–Trinajstić information content (AvgIpc) is 3.28. The van der Waals surface area contributed by atoms with E-state index in [0.717, 1.165) is 48.5 Å². The number of fused-ring (bicyclic) bond motifs is 1. The summed E-state index contributed by atoms with van der Waals surface area (Å²) in [7, 11) is 0. The Morgan fingerprint density at radius 3 is 2.41 bits per heavy atom. The molecular weight excluding hydrogens is 428 g/mol.